The van der Waals surface area contributed by atoms with Crippen LogP contribution in [0.1, 0.15) is 48.2 Å². The molecule has 2 atom stereocenters. The Morgan fingerprint density at radius 3 is 2.47 bits per heavy atom. The van der Waals surface area contributed by atoms with E-state index >= 15 is 0 Å². The fraction of sp³-hybridized carbons (Fsp3) is 0.440. The van der Waals surface area contributed by atoms with E-state index in [1.54, 1.807) is 25.2 Å². The van der Waals surface area contributed by atoms with Gasteiger partial charge in [-0.1, -0.05) is 50.6 Å². The van der Waals surface area contributed by atoms with Gasteiger partial charge in [0.05, 0.1) is 20.8 Å². The van der Waals surface area contributed by atoms with Gasteiger partial charge in [-0.05, 0) is 36.1 Å². The van der Waals surface area contributed by atoms with E-state index in [1.165, 1.54) is 0 Å². The molecule has 172 valence electrons. The molecule has 1 aliphatic rings. The molecule has 0 bridgehead atoms. The van der Waals surface area contributed by atoms with E-state index in [0.717, 1.165) is 30.4 Å². The average molecular weight is 441 g/mol. The summed E-state index contributed by atoms with van der Waals surface area (Å²) in [7, 11) is 3.15. The van der Waals surface area contributed by atoms with E-state index in [9.17, 15) is 9.59 Å². The first-order valence-electron chi connectivity index (χ1n) is 11.0. The smallest absolute Gasteiger partial charge is 0.266 e. The van der Waals surface area contributed by atoms with Crippen molar-refractivity contribution in [3.8, 4) is 11.5 Å². The number of ether oxygens (including phenoxy) is 2. The molecule has 2 aromatic rings. The molecule has 32 heavy (non-hydrogen) atoms. The Morgan fingerprint density at radius 1 is 1.09 bits per heavy atom. The summed E-state index contributed by atoms with van der Waals surface area (Å²) in [6.45, 7) is 4.88. The second-order valence-corrected chi connectivity index (χ2v) is 7.93. The van der Waals surface area contributed by atoms with Crippen LogP contribution in [0.3, 0.4) is 0 Å². The number of nitrogens with zero attached hydrogens (tertiary/aromatic N) is 1. The van der Waals surface area contributed by atoms with Crippen LogP contribution in [-0.4, -0.2) is 43.5 Å². The number of nitrogens with one attached hydrogen (secondary N) is 1. The van der Waals surface area contributed by atoms with Crippen LogP contribution in [0.4, 0.5) is 0 Å². The number of methoxy groups -OCH3 is 2. The van der Waals surface area contributed by atoms with Crippen LogP contribution < -0.4 is 15.0 Å². The number of hydroxylamine groups is 1. The monoisotopic (exact) mass is 440 g/mol. The van der Waals surface area contributed by atoms with Crippen LogP contribution in [0.15, 0.2) is 42.5 Å². The predicted octanol–water partition coefficient (Wildman–Crippen LogP) is 3.75. The zero-order valence-electron chi connectivity index (χ0n) is 19.2. The molecule has 7 heteroatoms. The zero-order valence-corrected chi connectivity index (χ0v) is 19.2. The Labute approximate surface area is 189 Å². The van der Waals surface area contributed by atoms with Gasteiger partial charge < -0.3 is 14.4 Å². The Balaban J connectivity index is 1.73. The summed E-state index contributed by atoms with van der Waals surface area (Å²) in [5, 5.41) is 0. The molecule has 1 saturated heterocycles. The summed E-state index contributed by atoms with van der Waals surface area (Å²) in [5.41, 5.74) is 4.89. The summed E-state index contributed by atoms with van der Waals surface area (Å²) in [5.74, 6) is 0.749. The first kappa shape index (κ1) is 23.6. The highest BCUT2D eigenvalue weighted by molar-refractivity contribution is 5.99. The minimum atomic E-state index is -0.564. The van der Waals surface area contributed by atoms with E-state index in [4.69, 9.17) is 14.3 Å². The van der Waals surface area contributed by atoms with E-state index in [0.29, 0.717) is 23.6 Å². The Kier molecular flexibility index (Phi) is 8.11. The lowest BCUT2D eigenvalue weighted by molar-refractivity contribution is -0.147. The molecule has 3 rings (SSSR count). The van der Waals surface area contributed by atoms with Crippen molar-refractivity contribution in [3.05, 3.63) is 59.2 Å². The number of amides is 2. The normalized spacial score (nSPS) is 17.4. The topological polar surface area (TPSA) is 77.1 Å². The molecule has 2 amide bonds. The van der Waals surface area contributed by atoms with Crippen LogP contribution in [-0.2, 0) is 22.7 Å². The zero-order chi connectivity index (χ0) is 23.1. The summed E-state index contributed by atoms with van der Waals surface area (Å²) in [6.07, 6.45) is 2.46. The maximum Gasteiger partial charge on any atom is 0.266 e. The van der Waals surface area contributed by atoms with Gasteiger partial charge in [0.1, 0.15) is 6.04 Å². The molecular weight excluding hydrogens is 408 g/mol. The van der Waals surface area contributed by atoms with Crippen molar-refractivity contribution in [1.29, 1.82) is 0 Å². The van der Waals surface area contributed by atoms with Gasteiger partial charge in [0.2, 0.25) is 0 Å². The number of hydrogen-bond acceptors (Lipinski definition) is 5. The van der Waals surface area contributed by atoms with Gasteiger partial charge in [0.15, 0.2) is 11.5 Å². The van der Waals surface area contributed by atoms with Crippen molar-refractivity contribution in [2.45, 2.75) is 45.8 Å². The maximum absolute atomic E-state index is 13.3. The third-order valence-corrected chi connectivity index (χ3v) is 5.84. The maximum atomic E-state index is 13.3. The molecule has 1 aliphatic heterocycles. The lowest BCUT2D eigenvalue weighted by Gasteiger charge is -2.46. The first-order chi connectivity index (χ1) is 15.5. The predicted molar refractivity (Wildman–Crippen MR) is 122 cm³/mol. The molecule has 0 radical (unpaired) electrons. The van der Waals surface area contributed by atoms with Gasteiger partial charge in [-0.2, -0.15) is 0 Å². The van der Waals surface area contributed by atoms with Crippen molar-refractivity contribution in [3.63, 3.8) is 0 Å². The fourth-order valence-electron chi connectivity index (χ4n) is 4.11. The van der Waals surface area contributed by atoms with Gasteiger partial charge in [-0.15, -0.1) is 0 Å². The van der Waals surface area contributed by atoms with Crippen LogP contribution in [0.25, 0.3) is 0 Å². The van der Waals surface area contributed by atoms with Crippen LogP contribution >= 0.6 is 0 Å². The lowest BCUT2D eigenvalue weighted by atomic mass is 9.85. The van der Waals surface area contributed by atoms with E-state index in [1.807, 2.05) is 43.3 Å². The highest BCUT2D eigenvalue weighted by atomic mass is 16.7. The second kappa shape index (κ2) is 11.0. The van der Waals surface area contributed by atoms with Crippen molar-refractivity contribution < 1.29 is 23.9 Å². The van der Waals surface area contributed by atoms with E-state index in [2.05, 4.69) is 12.4 Å². The SMILES string of the molecule is CCCc1cc(C(=O)N2C[C@H](CC)[C@H]2C(=O)NOCc2ccccc2)cc(OC)c1OC. The second-order valence-electron chi connectivity index (χ2n) is 7.93. The number of rotatable bonds is 10. The van der Waals surface area contributed by atoms with Gasteiger partial charge in [-0.25, -0.2) is 5.48 Å². The van der Waals surface area contributed by atoms with Crippen molar-refractivity contribution >= 4 is 11.8 Å². The van der Waals surface area contributed by atoms with Crippen LogP contribution in [0, 0.1) is 5.92 Å². The molecule has 0 aromatic heterocycles. The van der Waals surface area contributed by atoms with Crippen molar-refractivity contribution in [2.24, 2.45) is 5.92 Å². The van der Waals surface area contributed by atoms with Crippen molar-refractivity contribution in [2.75, 3.05) is 20.8 Å². The Morgan fingerprint density at radius 2 is 1.84 bits per heavy atom. The van der Waals surface area contributed by atoms with Gasteiger partial charge >= 0.3 is 0 Å². The summed E-state index contributed by atoms with van der Waals surface area (Å²) >= 11 is 0. The average Bonchev–Trinajstić information content (AvgIpc) is 2.79. The molecule has 0 saturated carbocycles. The summed E-state index contributed by atoms with van der Waals surface area (Å²) in [6, 6.07) is 12.5. The van der Waals surface area contributed by atoms with Gasteiger partial charge in [0, 0.05) is 18.0 Å². The highest BCUT2D eigenvalue weighted by Crippen LogP contribution is 2.36. The summed E-state index contributed by atoms with van der Waals surface area (Å²) in [4.78, 5) is 33.2. The molecular formula is C25H32N2O5. The lowest BCUT2D eigenvalue weighted by Crippen LogP contribution is -2.64. The van der Waals surface area contributed by atoms with Crippen molar-refractivity contribution in [1.82, 2.24) is 10.4 Å². The number of hydrogen-bond donors (Lipinski definition) is 1. The number of carbonyl (C=O) groups is 2. The number of aryl methyl sites for hydroxylation is 1. The van der Waals surface area contributed by atoms with E-state index < -0.39 is 6.04 Å². The van der Waals surface area contributed by atoms with Crippen LogP contribution in [0.2, 0.25) is 0 Å². The molecule has 0 spiro atoms. The first-order valence-corrected chi connectivity index (χ1v) is 11.0. The van der Waals surface area contributed by atoms with Gasteiger partial charge in [-0.3, -0.25) is 14.4 Å². The molecule has 1 fully saturated rings. The fourth-order valence-corrected chi connectivity index (χ4v) is 4.11. The molecule has 0 unspecified atom stereocenters. The minimum Gasteiger partial charge on any atom is -0.493 e. The Bertz CT molecular complexity index is 931. The number of carbonyl (C=O) groups excluding carboxylic acids is 2. The van der Waals surface area contributed by atoms with E-state index in [-0.39, 0.29) is 24.3 Å². The standard InChI is InChI=1S/C25H32N2O5/c1-5-10-19-13-20(14-21(30-3)23(19)31-4)25(29)27-15-18(6-2)22(27)24(28)26-32-16-17-11-8-7-9-12-17/h7-9,11-14,18,22H,5-6,10,15-16H2,1-4H3,(H,26,28)/t18-,22-/m0/s1. The van der Waals surface area contributed by atoms with Crippen LogP contribution in [0.5, 0.6) is 11.5 Å². The summed E-state index contributed by atoms with van der Waals surface area (Å²) < 4.78 is 11.0. The van der Waals surface area contributed by atoms with Gasteiger partial charge in [0.25, 0.3) is 11.8 Å². The quantitative estimate of drug-likeness (QED) is 0.570. The molecule has 1 heterocycles. The molecule has 1 N–H and O–H groups in total. The minimum absolute atomic E-state index is 0.0922. The molecule has 0 aliphatic carbocycles. The third kappa shape index (κ3) is 5.05. The number of benzene rings is 2. The molecule has 2 aromatic carbocycles. The third-order valence-electron chi connectivity index (χ3n) is 5.84. The largest absolute Gasteiger partial charge is 0.493 e. The Hall–Kier alpha value is -3.06. The highest BCUT2D eigenvalue weighted by Gasteiger charge is 2.46. The number of likely N-dealkylation sites (tertiary alicyclic amines) is 1. The molecule has 7 nitrogen and oxygen atoms in total.